The number of hydrogen-bond donors (Lipinski definition) is 0. The molecule has 0 N–H and O–H groups in total. The predicted octanol–water partition coefficient (Wildman–Crippen LogP) is 3.94. The fraction of sp³-hybridized carbons (Fsp3) is 0.250. The maximum atomic E-state index is 13.1. The summed E-state index contributed by atoms with van der Waals surface area (Å²) >= 11 is 0. The number of rotatable bonds is 5. The minimum Gasteiger partial charge on any atom is -0.497 e. The molecule has 5 nitrogen and oxygen atoms in total. The lowest BCUT2D eigenvalue weighted by Gasteiger charge is -2.11. The molecule has 0 radical (unpaired) electrons. The minimum absolute atomic E-state index is 0.153. The molecule has 26 heavy (non-hydrogen) atoms. The zero-order chi connectivity index (χ0) is 18.8. The van der Waals surface area contributed by atoms with Crippen molar-refractivity contribution in [2.75, 3.05) is 14.2 Å². The third kappa shape index (κ3) is 3.01. The van der Waals surface area contributed by atoms with Crippen LogP contribution in [0.15, 0.2) is 53.4 Å². The highest BCUT2D eigenvalue weighted by molar-refractivity contribution is 7.86. The van der Waals surface area contributed by atoms with Gasteiger partial charge in [-0.15, -0.1) is 0 Å². The quantitative estimate of drug-likeness (QED) is 0.638. The van der Waals surface area contributed by atoms with E-state index in [0.717, 1.165) is 16.6 Å². The van der Waals surface area contributed by atoms with E-state index in [9.17, 15) is 9.00 Å². The normalized spacial score (nSPS) is 12.3. The van der Waals surface area contributed by atoms with Crippen molar-refractivity contribution in [2.45, 2.75) is 24.0 Å². The van der Waals surface area contributed by atoms with Crippen molar-refractivity contribution in [3.63, 3.8) is 0 Å². The molecular formula is C20H21NO4S. The summed E-state index contributed by atoms with van der Waals surface area (Å²) in [5, 5.41) is 0.570. The van der Waals surface area contributed by atoms with Crippen molar-refractivity contribution < 1.29 is 18.5 Å². The number of ether oxygens (including phenoxy) is 2. The Bertz CT molecular complexity index is 976. The molecule has 0 aliphatic heterocycles. The van der Waals surface area contributed by atoms with Crippen LogP contribution in [-0.2, 0) is 15.5 Å². The van der Waals surface area contributed by atoms with Crippen LogP contribution < -0.4 is 4.74 Å². The maximum absolute atomic E-state index is 13.1. The Balaban J connectivity index is 2.48. The molecule has 1 atom stereocenters. The molecule has 1 aromatic heterocycles. The Morgan fingerprint density at radius 1 is 1.08 bits per heavy atom. The Morgan fingerprint density at radius 2 is 1.77 bits per heavy atom. The maximum Gasteiger partial charge on any atom is 0.356 e. The number of nitrogens with zero attached hydrogens (tertiary/aromatic N) is 1. The van der Waals surface area contributed by atoms with Crippen molar-refractivity contribution in [2.24, 2.45) is 0 Å². The molecule has 2 aromatic carbocycles. The molecule has 1 unspecified atom stereocenters. The van der Waals surface area contributed by atoms with Gasteiger partial charge in [0.1, 0.15) is 11.4 Å². The van der Waals surface area contributed by atoms with Gasteiger partial charge in [-0.2, -0.15) is 0 Å². The van der Waals surface area contributed by atoms with E-state index in [1.54, 1.807) is 11.7 Å². The van der Waals surface area contributed by atoms with Gasteiger partial charge >= 0.3 is 5.97 Å². The van der Waals surface area contributed by atoms with E-state index in [2.05, 4.69) is 0 Å². The SMILES string of the molecule is COC(=O)c1c(S(=O)C(C)C)c2cc(OC)ccc2n1-c1ccccc1. The summed E-state index contributed by atoms with van der Waals surface area (Å²) in [6.45, 7) is 3.73. The topological polar surface area (TPSA) is 57.5 Å². The molecule has 0 spiro atoms. The van der Waals surface area contributed by atoms with Gasteiger partial charge in [-0.1, -0.05) is 32.0 Å². The molecule has 0 fully saturated rings. The van der Waals surface area contributed by atoms with Crippen LogP contribution in [0.4, 0.5) is 0 Å². The van der Waals surface area contributed by atoms with Crippen molar-refractivity contribution in [3.05, 3.63) is 54.2 Å². The van der Waals surface area contributed by atoms with Gasteiger partial charge < -0.3 is 14.0 Å². The molecular weight excluding hydrogens is 350 g/mol. The molecule has 0 bridgehead atoms. The molecule has 136 valence electrons. The third-order valence-electron chi connectivity index (χ3n) is 4.15. The van der Waals surface area contributed by atoms with E-state index in [1.807, 2.05) is 62.4 Å². The van der Waals surface area contributed by atoms with Crippen LogP contribution in [0.2, 0.25) is 0 Å². The molecule has 0 saturated carbocycles. The molecule has 6 heteroatoms. The number of esters is 1. The number of aromatic nitrogens is 1. The van der Waals surface area contributed by atoms with Gasteiger partial charge in [0.2, 0.25) is 0 Å². The van der Waals surface area contributed by atoms with Crippen LogP contribution in [0.3, 0.4) is 0 Å². The standard InChI is InChI=1S/C20H21NO4S/c1-13(2)26(23)19-16-12-15(24-3)10-11-17(16)21(18(19)20(22)25-4)14-8-6-5-7-9-14/h5-13H,1-4H3. The zero-order valence-electron chi connectivity index (χ0n) is 15.2. The summed E-state index contributed by atoms with van der Waals surface area (Å²) in [6.07, 6.45) is 0. The van der Waals surface area contributed by atoms with Crippen molar-refractivity contribution in [1.82, 2.24) is 4.57 Å². The summed E-state index contributed by atoms with van der Waals surface area (Å²) in [4.78, 5) is 13.1. The molecule has 0 aliphatic rings. The monoisotopic (exact) mass is 371 g/mol. The summed E-state index contributed by atoms with van der Waals surface area (Å²) < 4.78 is 25.3. The van der Waals surface area contributed by atoms with Gasteiger partial charge in [-0.25, -0.2) is 4.79 Å². The highest BCUT2D eigenvalue weighted by Gasteiger charge is 2.29. The molecule has 1 heterocycles. The first-order valence-electron chi connectivity index (χ1n) is 8.26. The summed E-state index contributed by atoms with van der Waals surface area (Å²) in [5.41, 5.74) is 1.87. The Hall–Kier alpha value is -2.60. The van der Waals surface area contributed by atoms with Gasteiger partial charge in [0.25, 0.3) is 0 Å². The molecule has 0 aliphatic carbocycles. The van der Waals surface area contributed by atoms with E-state index in [-0.39, 0.29) is 10.9 Å². The lowest BCUT2D eigenvalue weighted by Crippen LogP contribution is -2.15. The summed E-state index contributed by atoms with van der Waals surface area (Å²) in [7, 11) is 1.53. The minimum atomic E-state index is -1.38. The van der Waals surface area contributed by atoms with Crippen molar-refractivity contribution in [3.8, 4) is 11.4 Å². The van der Waals surface area contributed by atoms with Crippen LogP contribution in [-0.4, -0.2) is 34.2 Å². The highest BCUT2D eigenvalue weighted by Crippen LogP contribution is 2.35. The number of hydrogen-bond acceptors (Lipinski definition) is 4. The van der Waals surface area contributed by atoms with E-state index in [0.29, 0.717) is 10.6 Å². The number of benzene rings is 2. The molecule has 3 aromatic rings. The first-order chi connectivity index (χ1) is 12.5. The van der Waals surface area contributed by atoms with Crippen LogP contribution >= 0.6 is 0 Å². The smallest absolute Gasteiger partial charge is 0.356 e. The van der Waals surface area contributed by atoms with Crippen LogP contribution in [0, 0.1) is 0 Å². The number of carbonyl (C=O) groups is 1. The molecule has 0 amide bonds. The summed E-state index contributed by atoms with van der Waals surface area (Å²) in [5.74, 6) is 0.120. The number of fused-ring (bicyclic) bond motifs is 1. The van der Waals surface area contributed by atoms with Gasteiger partial charge in [0.05, 0.1) is 35.4 Å². The van der Waals surface area contributed by atoms with Crippen LogP contribution in [0.5, 0.6) is 5.75 Å². The average Bonchev–Trinajstić information content (AvgIpc) is 3.01. The largest absolute Gasteiger partial charge is 0.497 e. The van der Waals surface area contributed by atoms with Gasteiger partial charge in [0, 0.05) is 16.3 Å². The average molecular weight is 371 g/mol. The number of methoxy groups -OCH3 is 2. The van der Waals surface area contributed by atoms with Gasteiger partial charge in [-0.3, -0.25) is 4.21 Å². The number of para-hydroxylation sites is 1. The zero-order valence-corrected chi connectivity index (χ0v) is 16.0. The first kappa shape index (κ1) is 18.2. The Kier molecular flexibility index (Phi) is 5.13. The van der Waals surface area contributed by atoms with Crippen molar-refractivity contribution >= 4 is 27.7 Å². The second-order valence-electron chi connectivity index (χ2n) is 6.07. The predicted molar refractivity (Wildman–Crippen MR) is 103 cm³/mol. The van der Waals surface area contributed by atoms with E-state index < -0.39 is 16.8 Å². The van der Waals surface area contributed by atoms with Crippen LogP contribution in [0.25, 0.3) is 16.6 Å². The molecule has 3 rings (SSSR count). The number of carbonyl (C=O) groups excluding carboxylic acids is 1. The second kappa shape index (κ2) is 7.33. The lowest BCUT2D eigenvalue weighted by molar-refractivity contribution is 0.0588. The van der Waals surface area contributed by atoms with Crippen LogP contribution in [0.1, 0.15) is 24.3 Å². The first-order valence-corrected chi connectivity index (χ1v) is 9.47. The molecule has 0 saturated heterocycles. The lowest BCUT2D eigenvalue weighted by atomic mass is 10.2. The Morgan fingerprint density at radius 3 is 2.35 bits per heavy atom. The van der Waals surface area contributed by atoms with Crippen molar-refractivity contribution in [1.29, 1.82) is 0 Å². The summed E-state index contributed by atoms with van der Waals surface area (Å²) in [6, 6.07) is 15.0. The second-order valence-corrected chi connectivity index (χ2v) is 8.02. The van der Waals surface area contributed by atoms with Gasteiger partial charge in [-0.05, 0) is 30.3 Å². The van der Waals surface area contributed by atoms with E-state index in [4.69, 9.17) is 9.47 Å². The fourth-order valence-electron chi connectivity index (χ4n) is 2.93. The van der Waals surface area contributed by atoms with E-state index in [1.165, 1.54) is 7.11 Å². The fourth-order valence-corrected chi connectivity index (χ4v) is 4.15. The Labute approximate surface area is 155 Å². The van der Waals surface area contributed by atoms with Gasteiger partial charge in [0.15, 0.2) is 0 Å². The third-order valence-corrected chi connectivity index (χ3v) is 5.82. The highest BCUT2D eigenvalue weighted by atomic mass is 32.2. The van der Waals surface area contributed by atoms with E-state index >= 15 is 0 Å².